The highest BCUT2D eigenvalue weighted by atomic mass is 35.5. The Kier molecular flexibility index (Phi) is 2.13. The number of halogens is 1. The lowest BCUT2D eigenvalue weighted by Crippen LogP contribution is -2.05. The third-order valence-electron chi connectivity index (χ3n) is 1.89. The Balaban J connectivity index is 2.95. The van der Waals surface area contributed by atoms with E-state index in [2.05, 4.69) is 9.97 Å². The Morgan fingerprint density at radius 3 is 3.00 bits per heavy atom. The third kappa shape index (κ3) is 1.33. The highest BCUT2D eigenvalue weighted by Gasteiger charge is 2.06. The first-order valence-corrected chi connectivity index (χ1v) is 4.32. The Morgan fingerprint density at radius 1 is 1.50 bits per heavy atom. The van der Waals surface area contributed by atoms with Crippen LogP contribution in [0.4, 0.5) is 0 Å². The molecule has 14 heavy (non-hydrogen) atoms. The van der Waals surface area contributed by atoms with Crippen LogP contribution in [0.3, 0.4) is 0 Å². The summed E-state index contributed by atoms with van der Waals surface area (Å²) in [6.07, 6.45) is 1.54. The first-order chi connectivity index (χ1) is 6.72. The maximum atomic E-state index is 11.4. The second-order valence-corrected chi connectivity index (χ2v) is 3.11. The predicted octanol–water partition coefficient (Wildman–Crippen LogP) is 1.59. The molecule has 0 bridgehead atoms. The van der Waals surface area contributed by atoms with Gasteiger partial charge >= 0.3 is 0 Å². The van der Waals surface area contributed by atoms with Gasteiger partial charge in [-0.2, -0.15) is 0 Å². The number of nitrogens with one attached hydrogen (secondary N) is 1. The smallest absolute Gasteiger partial charge is 0.256 e. The molecule has 0 radical (unpaired) electrons. The summed E-state index contributed by atoms with van der Waals surface area (Å²) in [5.74, 6) is 0.360. The molecule has 72 valence electrons. The van der Waals surface area contributed by atoms with Gasteiger partial charge in [-0.25, -0.2) is 4.98 Å². The molecule has 0 aromatic carbocycles. The number of hydrogen-bond acceptors (Lipinski definition) is 3. The minimum atomic E-state index is -0.204. The van der Waals surface area contributed by atoms with Crippen molar-refractivity contribution in [3.63, 3.8) is 0 Å². The molecule has 2 aromatic heterocycles. The zero-order chi connectivity index (χ0) is 10.1. The van der Waals surface area contributed by atoms with Crippen LogP contribution in [0.25, 0.3) is 10.8 Å². The van der Waals surface area contributed by atoms with Crippen molar-refractivity contribution >= 4 is 22.4 Å². The third-order valence-corrected chi connectivity index (χ3v) is 2.09. The summed E-state index contributed by atoms with van der Waals surface area (Å²) in [6, 6.07) is 3.23. The fourth-order valence-electron chi connectivity index (χ4n) is 1.28. The Labute approximate surface area is 84.5 Å². The van der Waals surface area contributed by atoms with E-state index in [4.69, 9.17) is 16.3 Å². The highest BCUT2D eigenvalue weighted by molar-refractivity contribution is 6.30. The van der Waals surface area contributed by atoms with Gasteiger partial charge in [0, 0.05) is 6.20 Å². The van der Waals surface area contributed by atoms with E-state index >= 15 is 0 Å². The largest absolute Gasteiger partial charge is 0.481 e. The van der Waals surface area contributed by atoms with Gasteiger partial charge in [0.2, 0.25) is 5.88 Å². The fourth-order valence-corrected chi connectivity index (χ4v) is 1.47. The van der Waals surface area contributed by atoms with Crippen LogP contribution in [-0.2, 0) is 0 Å². The van der Waals surface area contributed by atoms with Crippen molar-refractivity contribution in [1.82, 2.24) is 9.97 Å². The molecule has 0 spiro atoms. The molecule has 4 nitrogen and oxygen atoms in total. The van der Waals surface area contributed by atoms with Gasteiger partial charge in [0.25, 0.3) is 5.56 Å². The number of pyridine rings is 2. The van der Waals surface area contributed by atoms with Gasteiger partial charge in [-0.15, -0.1) is 0 Å². The maximum absolute atomic E-state index is 11.4. The molecule has 0 aliphatic heterocycles. The summed E-state index contributed by atoms with van der Waals surface area (Å²) in [4.78, 5) is 17.9. The van der Waals surface area contributed by atoms with Gasteiger partial charge < -0.3 is 9.72 Å². The van der Waals surface area contributed by atoms with Gasteiger partial charge in [0.1, 0.15) is 5.15 Å². The number of fused-ring (bicyclic) bond motifs is 1. The van der Waals surface area contributed by atoms with E-state index in [9.17, 15) is 4.79 Å². The quantitative estimate of drug-likeness (QED) is 0.728. The standard InChI is InChI=1S/C9H7ClN2O2/c1-14-9-5-2-3-11-8(13)6(5)4-7(10)12-9/h2-4H,1H3,(H,11,13). The van der Waals surface area contributed by atoms with Crippen molar-refractivity contribution in [1.29, 1.82) is 0 Å². The molecule has 1 N–H and O–H groups in total. The summed E-state index contributed by atoms with van der Waals surface area (Å²) in [6.45, 7) is 0. The van der Waals surface area contributed by atoms with Gasteiger partial charge in [0.05, 0.1) is 17.9 Å². The number of aromatic nitrogens is 2. The number of nitrogens with zero attached hydrogens (tertiary/aromatic N) is 1. The highest BCUT2D eigenvalue weighted by Crippen LogP contribution is 2.23. The van der Waals surface area contributed by atoms with Crippen LogP contribution in [0, 0.1) is 0 Å². The molecule has 0 aliphatic carbocycles. The fraction of sp³-hybridized carbons (Fsp3) is 0.111. The van der Waals surface area contributed by atoms with Crippen LogP contribution in [0.2, 0.25) is 5.15 Å². The number of methoxy groups -OCH3 is 1. The Morgan fingerprint density at radius 2 is 2.29 bits per heavy atom. The zero-order valence-corrected chi connectivity index (χ0v) is 8.13. The SMILES string of the molecule is COc1nc(Cl)cc2c(=O)[nH]ccc12. The van der Waals surface area contributed by atoms with Crippen molar-refractivity contribution in [2.24, 2.45) is 0 Å². The van der Waals surface area contributed by atoms with E-state index in [-0.39, 0.29) is 10.7 Å². The minimum absolute atomic E-state index is 0.204. The van der Waals surface area contributed by atoms with Gasteiger partial charge in [-0.1, -0.05) is 11.6 Å². The van der Waals surface area contributed by atoms with E-state index in [1.807, 2.05) is 0 Å². The molecule has 0 saturated carbocycles. The summed E-state index contributed by atoms with van der Waals surface area (Å²) >= 11 is 5.73. The molecule has 0 aliphatic rings. The molecule has 0 amide bonds. The number of ether oxygens (including phenoxy) is 1. The molecular formula is C9H7ClN2O2. The van der Waals surface area contributed by atoms with E-state index in [1.165, 1.54) is 13.2 Å². The molecule has 2 heterocycles. The predicted molar refractivity (Wildman–Crippen MR) is 53.9 cm³/mol. The van der Waals surface area contributed by atoms with Gasteiger partial charge in [-0.3, -0.25) is 4.79 Å². The lowest BCUT2D eigenvalue weighted by Gasteiger charge is -2.03. The van der Waals surface area contributed by atoms with Crippen LogP contribution in [0.15, 0.2) is 23.1 Å². The van der Waals surface area contributed by atoms with Crippen LogP contribution < -0.4 is 10.3 Å². The van der Waals surface area contributed by atoms with Crippen LogP contribution >= 0.6 is 11.6 Å². The van der Waals surface area contributed by atoms with Crippen molar-refractivity contribution in [2.75, 3.05) is 7.11 Å². The van der Waals surface area contributed by atoms with Crippen molar-refractivity contribution in [3.8, 4) is 5.88 Å². The van der Waals surface area contributed by atoms with Crippen LogP contribution in [-0.4, -0.2) is 17.1 Å². The summed E-state index contributed by atoms with van der Waals surface area (Å²) in [5.41, 5.74) is -0.204. The Bertz CT molecular complexity index is 536. The monoisotopic (exact) mass is 210 g/mol. The Hall–Kier alpha value is -1.55. The number of hydrogen-bond donors (Lipinski definition) is 1. The minimum Gasteiger partial charge on any atom is -0.481 e. The first-order valence-electron chi connectivity index (χ1n) is 3.94. The van der Waals surface area contributed by atoms with Crippen molar-refractivity contribution in [2.45, 2.75) is 0 Å². The molecule has 0 fully saturated rings. The van der Waals surface area contributed by atoms with Crippen LogP contribution in [0.5, 0.6) is 5.88 Å². The molecule has 2 aromatic rings. The summed E-state index contributed by atoms with van der Waals surface area (Å²) in [5, 5.41) is 1.37. The topological polar surface area (TPSA) is 55.0 Å². The first kappa shape index (κ1) is 9.02. The second kappa shape index (κ2) is 3.31. The average Bonchev–Trinajstić information content (AvgIpc) is 2.18. The van der Waals surface area contributed by atoms with Crippen molar-refractivity contribution in [3.05, 3.63) is 33.8 Å². The van der Waals surface area contributed by atoms with E-state index in [1.54, 1.807) is 12.3 Å². The molecule has 2 rings (SSSR count). The molecule has 0 unspecified atom stereocenters. The van der Waals surface area contributed by atoms with Crippen molar-refractivity contribution < 1.29 is 4.74 Å². The lowest BCUT2D eigenvalue weighted by molar-refractivity contribution is 0.403. The zero-order valence-electron chi connectivity index (χ0n) is 7.37. The molecule has 0 atom stereocenters. The van der Waals surface area contributed by atoms with Crippen LogP contribution in [0.1, 0.15) is 0 Å². The van der Waals surface area contributed by atoms with E-state index in [0.29, 0.717) is 16.7 Å². The summed E-state index contributed by atoms with van der Waals surface area (Å²) in [7, 11) is 1.49. The maximum Gasteiger partial charge on any atom is 0.256 e. The number of aromatic amines is 1. The summed E-state index contributed by atoms with van der Waals surface area (Å²) < 4.78 is 5.01. The number of rotatable bonds is 1. The van der Waals surface area contributed by atoms with E-state index in [0.717, 1.165) is 0 Å². The number of H-pyrrole nitrogens is 1. The van der Waals surface area contributed by atoms with E-state index < -0.39 is 0 Å². The molecular weight excluding hydrogens is 204 g/mol. The molecule has 5 heteroatoms. The average molecular weight is 211 g/mol. The normalized spacial score (nSPS) is 10.4. The lowest BCUT2D eigenvalue weighted by atomic mass is 10.2. The molecule has 0 saturated heterocycles. The second-order valence-electron chi connectivity index (χ2n) is 2.72. The van der Waals surface area contributed by atoms with Gasteiger partial charge in [0.15, 0.2) is 0 Å². The van der Waals surface area contributed by atoms with Gasteiger partial charge in [-0.05, 0) is 12.1 Å².